The molecule has 0 bridgehead atoms. The smallest absolute Gasteiger partial charge is 0.480 e. The molecule has 1 atom stereocenters. The Morgan fingerprint density at radius 3 is 2.55 bits per heavy atom. The Morgan fingerprint density at radius 1 is 1.27 bits per heavy atom. The number of likely N-dealkylation sites (tertiary alicyclic amines) is 1. The Hall–Kier alpha value is -1.76. The number of aliphatic carboxylic acids is 1. The lowest BCUT2D eigenvalue weighted by Gasteiger charge is -2.34. The molecule has 1 aliphatic rings. The van der Waals surface area contributed by atoms with E-state index >= 15 is 0 Å². The predicted octanol–water partition coefficient (Wildman–Crippen LogP) is 3.07. The summed E-state index contributed by atoms with van der Waals surface area (Å²) in [7, 11) is 0. The van der Waals surface area contributed by atoms with Crippen LogP contribution in [0.3, 0.4) is 0 Å². The molecule has 2 rings (SSSR count). The highest BCUT2D eigenvalue weighted by Crippen LogP contribution is 2.25. The van der Waals surface area contributed by atoms with Crippen molar-refractivity contribution in [2.75, 3.05) is 13.1 Å². The quantitative estimate of drug-likeness (QED) is 0.907. The Morgan fingerprint density at radius 2 is 1.95 bits per heavy atom. The number of nitrogens with zero attached hydrogens (tertiary/aromatic N) is 1. The van der Waals surface area contributed by atoms with Gasteiger partial charge in [0.05, 0.1) is 6.54 Å². The third-order valence-corrected chi connectivity index (χ3v) is 3.72. The van der Waals surface area contributed by atoms with E-state index in [1.54, 1.807) is 12.1 Å². The summed E-state index contributed by atoms with van der Waals surface area (Å²) in [5, 5.41) is 8.93. The van der Waals surface area contributed by atoms with E-state index in [2.05, 4.69) is 4.74 Å². The summed E-state index contributed by atoms with van der Waals surface area (Å²) in [6, 6.07) is 5.86. The number of carboxylic acid groups (broad SMARTS) is 1. The minimum atomic E-state index is -4.69. The Kier molecular flexibility index (Phi) is 5.28. The summed E-state index contributed by atoms with van der Waals surface area (Å²) in [5.41, 5.74) is 0.872. The van der Waals surface area contributed by atoms with Gasteiger partial charge in [-0.15, -0.1) is 13.2 Å². The number of ether oxygens (including phenoxy) is 1. The fourth-order valence-corrected chi connectivity index (χ4v) is 2.77. The number of rotatable bonds is 5. The van der Waals surface area contributed by atoms with Crippen molar-refractivity contribution in [2.24, 2.45) is 0 Å². The average Bonchev–Trinajstić information content (AvgIpc) is 2.41. The summed E-state index contributed by atoms with van der Waals surface area (Å²) in [5.74, 6) is -1.11. The first-order valence-electron chi connectivity index (χ1n) is 7.14. The van der Waals surface area contributed by atoms with E-state index in [-0.39, 0.29) is 18.3 Å². The van der Waals surface area contributed by atoms with Gasteiger partial charge in [0.1, 0.15) is 5.75 Å². The van der Waals surface area contributed by atoms with Gasteiger partial charge >= 0.3 is 12.3 Å². The van der Waals surface area contributed by atoms with E-state index in [0.29, 0.717) is 6.42 Å². The van der Waals surface area contributed by atoms with Crippen LogP contribution in [0.4, 0.5) is 13.2 Å². The van der Waals surface area contributed by atoms with Crippen LogP contribution in [0.1, 0.15) is 24.8 Å². The molecule has 1 heterocycles. The lowest BCUT2D eigenvalue weighted by Crippen LogP contribution is -2.43. The second-order valence-electron chi connectivity index (χ2n) is 5.41. The highest BCUT2D eigenvalue weighted by molar-refractivity contribution is 5.69. The molecular formula is C15H18F3NO3. The van der Waals surface area contributed by atoms with Crippen molar-refractivity contribution >= 4 is 5.97 Å². The molecule has 0 saturated carbocycles. The minimum absolute atomic E-state index is 0.0000644. The van der Waals surface area contributed by atoms with Crippen LogP contribution in [0.5, 0.6) is 5.75 Å². The van der Waals surface area contributed by atoms with Crippen molar-refractivity contribution in [1.29, 1.82) is 0 Å². The summed E-state index contributed by atoms with van der Waals surface area (Å²) >= 11 is 0. The van der Waals surface area contributed by atoms with Crippen molar-refractivity contribution in [3.8, 4) is 5.75 Å². The molecule has 0 aliphatic carbocycles. The van der Waals surface area contributed by atoms with Gasteiger partial charge in [-0.1, -0.05) is 18.6 Å². The number of hydrogen-bond donors (Lipinski definition) is 1. The molecule has 1 fully saturated rings. The van der Waals surface area contributed by atoms with Gasteiger partial charge in [-0.3, -0.25) is 9.69 Å². The molecule has 7 heteroatoms. The molecule has 1 unspecified atom stereocenters. The van der Waals surface area contributed by atoms with Crippen LogP contribution in [0.25, 0.3) is 0 Å². The Labute approximate surface area is 126 Å². The van der Waals surface area contributed by atoms with Gasteiger partial charge in [-0.2, -0.15) is 0 Å². The van der Waals surface area contributed by atoms with Gasteiger partial charge in [0, 0.05) is 6.04 Å². The monoisotopic (exact) mass is 317 g/mol. The highest BCUT2D eigenvalue weighted by Gasteiger charge is 2.31. The third kappa shape index (κ3) is 5.22. The van der Waals surface area contributed by atoms with Crippen LogP contribution in [-0.2, 0) is 11.2 Å². The number of piperidine rings is 1. The molecule has 0 spiro atoms. The van der Waals surface area contributed by atoms with Crippen LogP contribution in [0.2, 0.25) is 0 Å². The zero-order valence-corrected chi connectivity index (χ0v) is 12.0. The maximum Gasteiger partial charge on any atom is 0.573 e. The molecule has 1 N–H and O–H groups in total. The van der Waals surface area contributed by atoms with Crippen LogP contribution >= 0.6 is 0 Å². The fourth-order valence-electron chi connectivity index (χ4n) is 2.77. The van der Waals surface area contributed by atoms with Gasteiger partial charge in [0.25, 0.3) is 0 Å². The second-order valence-corrected chi connectivity index (χ2v) is 5.41. The van der Waals surface area contributed by atoms with Gasteiger partial charge in [-0.05, 0) is 43.5 Å². The molecule has 22 heavy (non-hydrogen) atoms. The van der Waals surface area contributed by atoms with Crippen LogP contribution in [-0.4, -0.2) is 41.5 Å². The topological polar surface area (TPSA) is 49.8 Å². The van der Waals surface area contributed by atoms with Crippen LogP contribution in [0, 0.1) is 0 Å². The average molecular weight is 317 g/mol. The van der Waals surface area contributed by atoms with Crippen molar-refractivity contribution in [1.82, 2.24) is 4.90 Å². The SMILES string of the molecule is O=C(O)CN1CCCCC1Cc1ccc(OC(F)(F)F)cc1. The number of benzene rings is 1. The zero-order chi connectivity index (χ0) is 16.2. The molecule has 4 nitrogen and oxygen atoms in total. The van der Waals surface area contributed by atoms with Gasteiger partial charge < -0.3 is 9.84 Å². The van der Waals surface area contributed by atoms with Crippen molar-refractivity contribution in [3.63, 3.8) is 0 Å². The van der Waals surface area contributed by atoms with E-state index in [1.165, 1.54) is 12.1 Å². The maximum absolute atomic E-state index is 12.1. The predicted molar refractivity (Wildman–Crippen MR) is 73.7 cm³/mol. The number of hydrogen-bond acceptors (Lipinski definition) is 3. The minimum Gasteiger partial charge on any atom is -0.480 e. The first-order chi connectivity index (χ1) is 10.3. The molecular weight excluding hydrogens is 299 g/mol. The standard InChI is InChI=1S/C15H18F3NO3/c16-15(17,18)22-13-6-4-11(5-7-13)9-12-3-1-2-8-19(12)10-14(20)21/h4-7,12H,1-3,8-10H2,(H,20,21). The molecule has 0 radical (unpaired) electrons. The maximum atomic E-state index is 12.1. The fraction of sp³-hybridized carbons (Fsp3) is 0.533. The molecule has 1 aromatic carbocycles. The summed E-state index contributed by atoms with van der Waals surface area (Å²) < 4.78 is 40.1. The molecule has 1 aliphatic heterocycles. The van der Waals surface area contributed by atoms with Gasteiger partial charge in [0.2, 0.25) is 0 Å². The lowest BCUT2D eigenvalue weighted by atomic mass is 9.95. The van der Waals surface area contributed by atoms with Gasteiger partial charge in [-0.25, -0.2) is 0 Å². The van der Waals surface area contributed by atoms with E-state index in [4.69, 9.17) is 5.11 Å². The number of carbonyl (C=O) groups is 1. The third-order valence-electron chi connectivity index (χ3n) is 3.72. The highest BCUT2D eigenvalue weighted by atomic mass is 19.4. The van der Waals surface area contributed by atoms with E-state index in [1.807, 2.05) is 4.90 Å². The summed E-state index contributed by atoms with van der Waals surface area (Å²) in [6.45, 7) is 0.742. The van der Waals surface area contributed by atoms with Gasteiger partial charge in [0.15, 0.2) is 0 Å². The summed E-state index contributed by atoms with van der Waals surface area (Å²) in [4.78, 5) is 12.8. The number of halogens is 3. The number of alkyl halides is 3. The number of carboxylic acids is 1. The zero-order valence-electron chi connectivity index (χ0n) is 12.0. The largest absolute Gasteiger partial charge is 0.573 e. The first-order valence-corrected chi connectivity index (χ1v) is 7.14. The normalized spacial score (nSPS) is 19.9. The lowest BCUT2D eigenvalue weighted by molar-refractivity contribution is -0.274. The van der Waals surface area contributed by atoms with Crippen LogP contribution < -0.4 is 4.74 Å². The van der Waals surface area contributed by atoms with Crippen molar-refractivity contribution in [2.45, 2.75) is 38.1 Å². The molecule has 1 aromatic rings. The summed E-state index contributed by atoms with van der Waals surface area (Å²) in [6.07, 6.45) is -1.16. The van der Waals surface area contributed by atoms with Crippen molar-refractivity contribution in [3.05, 3.63) is 29.8 Å². The van der Waals surface area contributed by atoms with Crippen molar-refractivity contribution < 1.29 is 27.8 Å². The Balaban J connectivity index is 1.98. The van der Waals surface area contributed by atoms with E-state index < -0.39 is 12.3 Å². The molecule has 122 valence electrons. The second kappa shape index (κ2) is 7.00. The Bertz CT molecular complexity index is 502. The molecule has 0 aromatic heterocycles. The van der Waals surface area contributed by atoms with E-state index in [9.17, 15) is 18.0 Å². The van der Waals surface area contributed by atoms with Crippen LogP contribution in [0.15, 0.2) is 24.3 Å². The molecule has 1 saturated heterocycles. The van der Waals surface area contributed by atoms with E-state index in [0.717, 1.165) is 31.4 Å². The molecule has 0 amide bonds. The first kappa shape index (κ1) is 16.6.